The van der Waals surface area contributed by atoms with Crippen molar-refractivity contribution >= 4 is 5.96 Å². The lowest BCUT2D eigenvalue weighted by Gasteiger charge is -2.18. The average Bonchev–Trinajstić information content (AvgIpc) is 1.88. The van der Waals surface area contributed by atoms with Crippen molar-refractivity contribution in [3.63, 3.8) is 0 Å². The molecular formula is C6H10N3O. The molecule has 0 aromatic rings. The van der Waals surface area contributed by atoms with Crippen molar-refractivity contribution in [3.8, 4) is 0 Å². The second-order valence-electron chi connectivity index (χ2n) is 2.17. The van der Waals surface area contributed by atoms with E-state index in [1.807, 2.05) is 14.1 Å². The van der Waals surface area contributed by atoms with Gasteiger partial charge in [-0.2, -0.15) is 4.99 Å². The van der Waals surface area contributed by atoms with Crippen LogP contribution >= 0.6 is 0 Å². The maximum Gasteiger partial charge on any atom is 0.212 e. The van der Waals surface area contributed by atoms with E-state index in [-0.39, 0.29) is 5.88 Å². The largest absolute Gasteiger partial charge is 0.493 e. The lowest BCUT2D eigenvalue weighted by Crippen LogP contribution is -2.36. The molecule has 10 heavy (non-hydrogen) atoms. The predicted octanol–water partition coefficient (Wildman–Crippen LogP) is 0.0684. The van der Waals surface area contributed by atoms with Crippen LogP contribution in [0, 0.1) is 6.54 Å². The van der Waals surface area contributed by atoms with Gasteiger partial charge in [0.1, 0.15) is 0 Å². The number of aliphatic hydroxyl groups excluding tert-OH is 1. The fourth-order valence-corrected chi connectivity index (χ4v) is 0.598. The van der Waals surface area contributed by atoms with E-state index in [4.69, 9.17) is 5.11 Å². The van der Waals surface area contributed by atoms with E-state index in [2.05, 4.69) is 10.3 Å². The van der Waals surface area contributed by atoms with Crippen LogP contribution in [-0.4, -0.2) is 30.1 Å². The van der Waals surface area contributed by atoms with Crippen LogP contribution in [-0.2, 0) is 0 Å². The molecule has 0 fully saturated rings. The number of hydrogen-bond acceptors (Lipinski definition) is 4. The van der Waals surface area contributed by atoms with Crippen molar-refractivity contribution in [2.45, 2.75) is 0 Å². The van der Waals surface area contributed by atoms with Crippen LogP contribution in [0.2, 0.25) is 0 Å². The van der Waals surface area contributed by atoms with Gasteiger partial charge in [0.05, 0.1) is 6.54 Å². The van der Waals surface area contributed by atoms with Crippen LogP contribution in [0.4, 0.5) is 0 Å². The number of rotatable bonds is 0. The molecule has 0 aliphatic carbocycles. The summed E-state index contributed by atoms with van der Waals surface area (Å²) in [6, 6.07) is 0. The van der Waals surface area contributed by atoms with Crippen LogP contribution in [0.5, 0.6) is 0 Å². The molecule has 0 aromatic carbocycles. The minimum absolute atomic E-state index is 0.0300. The van der Waals surface area contributed by atoms with E-state index >= 15 is 0 Å². The molecule has 0 bridgehead atoms. The second kappa shape index (κ2) is 2.60. The number of guanidine groups is 1. The van der Waals surface area contributed by atoms with E-state index in [0.717, 1.165) is 0 Å². The summed E-state index contributed by atoms with van der Waals surface area (Å²) in [4.78, 5) is 5.58. The van der Waals surface area contributed by atoms with Crippen LogP contribution in [0.15, 0.2) is 17.0 Å². The Bertz CT molecular complexity index is 183. The number of aliphatic hydroxyl groups is 1. The Morgan fingerprint density at radius 3 is 2.70 bits per heavy atom. The van der Waals surface area contributed by atoms with Crippen molar-refractivity contribution in [2.75, 3.05) is 14.1 Å². The topological polar surface area (TPSA) is 47.9 Å². The summed E-state index contributed by atoms with van der Waals surface area (Å²) in [6.07, 6.45) is 1.49. The van der Waals surface area contributed by atoms with Crippen molar-refractivity contribution < 1.29 is 5.11 Å². The maximum atomic E-state index is 8.90. The second-order valence-corrected chi connectivity index (χ2v) is 2.17. The zero-order valence-corrected chi connectivity index (χ0v) is 6.00. The molecule has 1 aliphatic heterocycles. The van der Waals surface area contributed by atoms with Gasteiger partial charge in [0.2, 0.25) is 11.8 Å². The highest BCUT2D eigenvalue weighted by atomic mass is 16.3. The molecule has 0 atom stereocenters. The van der Waals surface area contributed by atoms with E-state index in [1.54, 1.807) is 11.4 Å². The zero-order valence-electron chi connectivity index (χ0n) is 6.00. The summed E-state index contributed by atoms with van der Waals surface area (Å²) in [6.45, 7) is 1.64. The van der Waals surface area contributed by atoms with E-state index < -0.39 is 0 Å². The van der Waals surface area contributed by atoms with Gasteiger partial charge in [0.15, 0.2) is 0 Å². The Labute approximate surface area is 59.9 Å². The third-order valence-electron chi connectivity index (χ3n) is 1.09. The monoisotopic (exact) mass is 140 g/mol. The van der Waals surface area contributed by atoms with Crippen molar-refractivity contribution in [1.29, 1.82) is 0 Å². The zero-order chi connectivity index (χ0) is 7.56. The highest BCUT2D eigenvalue weighted by Crippen LogP contribution is 1.98. The molecule has 55 valence electrons. The Kier molecular flexibility index (Phi) is 1.80. The standard InChI is InChI=1S/C6H10N3O/c1-9(2)6-7-4-3-5(10)8-6/h3-4,10H,1-2H3,(H,7,8). The van der Waals surface area contributed by atoms with Gasteiger partial charge in [0.25, 0.3) is 0 Å². The summed E-state index contributed by atoms with van der Waals surface area (Å²) < 4.78 is 0. The molecular weight excluding hydrogens is 130 g/mol. The van der Waals surface area contributed by atoms with E-state index in [1.165, 1.54) is 6.08 Å². The highest BCUT2D eigenvalue weighted by Gasteiger charge is 2.05. The number of aliphatic imine (C=N–C) groups is 1. The molecule has 4 heteroatoms. The minimum Gasteiger partial charge on any atom is -0.493 e. The van der Waals surface area contributed by atoms with Crippen LogP contribution in [0.1, 0.15) is 0 Å². The minimum atomic E-state index is 0.0300. The lowest BCUT2D eigenvalue weighted by molar-refractivity contribution is 0.399. The SMILES string of the molecule is CN(C)C1=NC(O)=C[CH]N1. The Morgan fingerprint density at radius 2 is 2.30 bits per heavy atom. The summed E-state index contributed by atoms with van der Waals surface area (Å²) in [5, 5.41) is 11.8. The summed E-state index contributed by atoms with van der Waals surface area (Å²) >= 11 is 0. The van der Waals surface area contributed by atoms with Gasteiger partial charge < -0.3 is 15.3 Å². The smallest absolute Gasteiger partial charge is 0.212 e. The summed E-state index contributed by atoms with van der Waals surface area (Å²) in [5.74, 6) is 0.669. The molecule has 1 heterocycles. The molecule has 0 spiro atoms. The number of hydrogen-bond donors (Lipinski definition) is 2. The van der Waals surface area contributed by atoms with E-state index in [9.17, 15) is 0 Å². The predicted molar refractivity (Wildman–Crippen MR) is 39.3 cm³/mol. The molecule has 1 radical (unpaired) electrons. The van der Waals surface area contributed by atoms with Gasteiger partial charge >= 0.3 is 0 Å². The molecule has 0 aromatic heterocycles. The van der Waals surface area contributed by atoms with Gasteiger partial charge in [-0.25, -0.2) is 0 Å². The van der Waals surface area contributed by atoms with Crippen molar-refractivity contribution in [1.82, 2.24) is 10.2 Å². The fraction of sp³-hybridized carbons (Fsp3) is 0.333. The first-order chi connectivity index (χ1) is 4.70. The molecule has 1 rings (SSSR count). The number of nitrogens with zero attached hydrogens (tertiary/aromatic N) is 2. The fourth-order valence-electron chi connectivity index (χ4n) is 0.598. The first-order valence-electron chi connectivity index (χ1n) is 2.95. The lowest BCUT2D eigenvalue weighted by atomic mass is 10.5. The summed E-state index contributed by atoms with van der Waals surface area (Å²) in [7, 11) is 3.69. The van der Waals surface area contributed by atoms with Gasteiger partial charge in [-0.3, -0.25) is 0 Å². The molecule has 0 amide bonds. The van der Waals surface area contributed by atoms with Crippen LogP contribution in [0.25, 0.3) is 0 Å². The van der Waals surface area contributed by atoms with Gasteiger partial charge in [0, 0.05) is 20.2 Å². The molecule has 1 aliphatic rings. The van der Waals surface area contributed by atoms with Gasteiger partial charge in [-0.15, -0.1) is 0 Å². The molecule has 2 N–H and O–H groups in total. The Morgan fingerprint density at radius 1 is 1.60 bits per heavy atom. The van der Waals surface area contributed by atoms with Crippen LogP contribution in [0.3, 0.4) is 0 Å². The third-order valence-corrected chi connectivity index (χ3v) is 1.09. The first-order valence-corrected chi connectivity index (χ1v) is 2.95. The Balaban J connectivity index is 2.69. The molecule has 4 nitrogen and oxygen atoms in total. The highest BCUT2D eigenvalue weighted by molar-refractivity contribution is 5.82. The average molecular weight is 140 g/mol. The van der Waals surface area contributed by atoms with Gasteiger partial charge in [-0.1, -0.05) is 0 Å². The van der Waals surface area contributed by atoms with Crippen molar-refractivity contribution in [2.24, 2.45) is 4.99 Å². The quantitative estimate of drug-likeness (QED) is 0.500. The summed E-state index contributed by atoms with van der Waals surface area (Å²) in [5.41, 5.74) is 0. The van der Waals surface area contributed by atoms with E-state index in [0.29, 0.717) is 5.96 Å². The third kappa shape index (κ3) is 1.40. The molecule has 0 unspecified atom stereocenters. The first kappa shape index (κ1) is 6.92. The van der Waals surface area contributed by atoms with Gasteiger partial charge in [-0.05, 0) is 0 Å². The van der Waals surface area contributed by atoms with Crippen LogP contribution < -0.4 is 5.32 Å². The maximum absolute atomic E-state index is 8.90. The molecule has 0 saturated heterocycles. The molecule has 0 saturated carbocycles. The number of nitrogens with one attached hydrogen (secondary N) is 1. The normalized spacial score (nSPS) is 17.0. The Hall–Kier alpha value is -1.19. The van der Waals surface area contributed by atoms with Crippen molar-refractivity contribution in [3.05, 3.63) is 18.5 Å².